The summed E-state index contributed by atoms with van der Waals surface area (Å²) >= 11 is 1.59. The topological polar surface area (TPSA) is 81.4 Å². The molecule has 3 aromatic rings. The van der Waals surface area contributed by atoms with Crippen molar-refractivity contribution in [2.45, 2.75) is 11.4 Å². The number of ether oxygens (including phenoxy) is 1. The number of fused-ring (bicyclic) bond motifs is 1. The Bertz CT molecular complexity index is 849. The van der Waals surface area contributed by atoms with E-state index in [1.165, 1.54) is 0 Å². The van der Waals surface area contributed by atoms with Crippen molar-refractivity contribution in [1.82, 2.24) is 25.1 Å². The van der Waals surface area contributed by atoms with Crippen LogP contribution in [0.1, 0.15) is 16.2 Å². The highest BCUT2D eigenvalue weighted by atomic mass is 32.2. The zero-order chi connectivity index (χ0) is 16.2. The number of hydrogen-bond acceptors (Lipinski definition) is 6. The number of aromatic nitrogens is 4. The van der Waals surface area contributed by atoms with E-state index in [-0.39, 0.29) is 12.5 Å². The second-order valence-corrected chi connectivity index (χ2v) is 5.56. The average molecular weight is 329 g/mol. The van der Waals surface area contributed by atoms with E-state index in [0.717, 1.165) is 4.90 Å². The maximum Gasteiger partial charge on any atom is 0.251 e. The van der Waals surface area contributed by atoms with Crippen LogP contribution in [0.2, 0.25) is 0 Å². The minimum atomic E-state index is -0.166. The van der Waals surface area contributed by atoms with Gasteiger partial charge < -0.3 is 10.1 Å². The summed E-state index contributed by atoms with van der Waals surface area (Å²) in [6.45, 7) is 0.226. The number of carbonyl (C=O) groups excluding carboxylic acids is 1. The van der Waals surface area contributed by atoms with Gasteiger partial charge >= 0.3 is 0 Å². The fourth-order valence-corrected chi connectivity index (χ4v) is 2.52. The van der Waals surface area contributed by atoms with Crippen LogP contribution in [0.5, 0.6) is 5.88 Å². The van der Waals surface area contributed by atoms with Crippen LogP contribution in [0.15, 0.2) is 41.3 Å². The second-order valence-electron chi connectivity index (χ2n) is 4.68. The first-order chi connectivity index (χ1) is 11.2. The van der Waals surface area contributed by atoms with Crippen LogP contribution in [0.4, 0.5) is 0 Å². The van der Waals surface area contributed by atoms with Gasteiger partial charge in [-0.15, -0.1) is 27.1 Å². The molecule has 0 bridgehead atoms. The maximum absolute atomic E-state index is 12.2. The molecule has 3 rings (SSSR count). The molecule has 0 saturated carbocycles. The van der Waals surface area contributed by atoms with Crippen LogP contribution in [0.3, 0.4) is 0 Å². The molecule has 0 aliphatic rings. The van der Waals surface area contributed by atoms with Gasteiger partial charge in [-0.1, -0.05) is 6.07 Å². The van der Waals surface area contributed by atoms with Crippen molar-refractivity contribution in [2.75, 3.05) is 13.4 Å². The number of nitrogens with one attached hydrogen (secondary N) is 1. The normalized spacial score (nSPS) is 10.7. The van der Waals surface area contributed by atoms with Crippen molar-refractivity contribution in [1.29, 1.82) is 0 Å². The number of benzene rings is 1. The van der Waals surface area contributed by atoms with Crippen molar-refractivity contribution >= 4 is 23.3 Å². The Morgan fingerprint density at radius 1 is 1.30 bits per heavy atom. The third-order valence-electron chi connectivity index (χ3n) is 3.25. The highest BCUT2D eigenvalue weighted by Gasteiger charge is 2.11. The summed E-state index contributed by atoms with van der Waals surface area (Å²) < 4.78 is 6.64. The first-order valence-corrected chi connectivity index (χ1v) is 8.11. The molecule has 2 heterocycles. The molecule has 118 valence electrons. The van der Waals surface area contributed by atoms with Gasteiger partial charge in [0.05, 0.1) is 13.7 Å². The van der Waals surface area contributed by atoms with Crippen molar-refractivity contribution < 1.29 is 9.53 Å². The molecular weight excluding hydrogens is 314 g/mol. The van der Waals surface area contributed by atoms with E-state index in [1.807, 2.05) is 24.5 Å². The van der Waals surface area contributed by atoms with Crippen molar-refractivity contribution in [3.05, 3.63) is 47.8 Å². The third-order valence-corrected chi connectivity index (χ3v) is 3.98. The van der Waals surface area contributed by atoms with Gasteiger partial charge in [-0.25, -0.2) is 0 Å². The van der Waals surface area contributed by atoms with E-state index in [4.69, 9.17) is 4.74 Å². The van der Waals surface area contributed by atoms with E-state index < -0.39 is 0 Å². The standard InChI is InChI=1S/C15H15N5O2S/c1-22-14-7-6-12-17-18-13(20(12)19-14)9-16-15(21)10-4-3-5-11(8-10)23-2/h3-8H,9H2,1-2H3,(H,16,21). The summed E-state index contributed by atoms with van der Waals surface area (Å²) in [5.74, 6) is 0.825. The monoisotopic (exact) mass is 329 g/mol. The summed E-state index contributed by atoms with van der Waals surface area (Å²) in [7, 11) is 1.54. The van der Waals surface area contributed by atoms with Crippen molar-refractivity contribution in [3.8, 4) is 5.88 Å². The van der Waals surface area contributed by atoms with E-state index >= 15 is 0 Å². The van der Waals surface area contributed by atoms with Crippen molar-refractivity contribution in [3.63, 3.8) is 0 Å². The first-order valence-electron chi connectivity index (χ1n) is 6.89. The Hall–Kier alpha value is -2.61. The molecule has 0 aliphatic carbocycles. The Labute approximate surface area is 137 Å². The highest BCUT2D eigenvalue weighted by molar-refractivity contribution is 7.98. The molecule has 0 saturated heterocycles. The SMILES string of the molecule is COc1ccc2nnc(CNC(=O)c3cccc(SC)c3)n2n1. The molecule has 23 heavy (non-hydrogen) atoms. The van der Waals surface area contributed by atoms with E-state index in [9.17, 15) is 4.79 Å². The lowest BCUT2D eigenvalue weighted by atomic mass is 10.2. The van der Waals surface area contributed by atoms with Gasteiger partial charge in [0.1, 0.15) is 0 Å². The lowest BCUT2D eigenvalue weighted by molar-refractivity contribution is 0.0949. The van der Waals surface area contributed by atoms with Gasteiger partial charge in [-0.2, -0.15) is 4.52 Å². The molecule has 7 nitrogen and oxygen atoms in total. The quantitative estimate of drug-likeness (QED) is 0.719. The summed E-state index contributed by atoms with van der Waals surface area (Å²) in [6, 6.07) is 10.9. The number of methoxy groups -OCH3 is 1. The van der Waals surface area contributed by atoms with E-state index in [0.29, 0.717) is 22.9 Å². The minimum absolute atomic E-state index is 0.166. The van der Waals surface area contributed by atoms with Crippen LogP contribution in [0.25, 0.3) is 5.65 Å². The Kier molecular flexibility index (Phi) is 4.42. The van der Waals surface area contributed by atoms with Gasteiger partial charge in [-0.3, -0.25) is 4.79 Å². The first kappa shape index (κ1) is 15.3. The number of carbonyl (C=O) groups is 1. The van der Waals surface area contributed by atoms with Gasteiger partial charge in [0.15, 0.2) is 11.5 Å². The second kappa shape index (κ2) is 6.66. The van der Waals surface area contributed by atoms with Crippen LogP contribution in [-0.2, 0) is 6.54 Å². The molecule has 1 aromatic carbocycles. The zero-order valence-electron chi connectivity index (χ0n) is 12.7. The van der Waals surface area contributed by atoms with Crippen LogP contribution in [0, 0.1) is 0 Å². The molecule has 0 atom stereocenters. The van der Waals surface area contributed by atoms with Gasteiger partial charge in [0, 0.05) is 16.5 Å². The Balaban J connectivity index is 1.76. The predicted octanol–water partition coefficient (Wildman–Crippen LogP) is 1.78. The molecule has 1 N–H and O–H groups in total. The molecular formula is C15H15N5O2S. The third kappa shape index (κ3) is 3.26. The fraction of sp³-hybridized carbons (Fsp3) is 0.200. The summed E-state index contributed by atoms with van der Waals surface area (Å²) in [5, 5.41) is 15.1. The molecule has 0 spiro atoms. The number of hydrogen-bond donors (Lipinski definition) is 1. The fourth-order valence-electron chi connectivity index (χ4n) is 2.06. The highest BCUT2D eigenvalue weighted by Crippen LogP contribution is 2.16. The molecule has 8 heteroatoms. The number of thioether (sulfide) groups is 1. The van der Waals surface area contributed by atoms with Gasteiger partial charge in [0.25, 0.3) is 5.91 Å². The minimum Gasteiger partial charge on any atom is -0.480 e. The molecule has 0 unspecified atom stereocenters. The molecule has 2 aromatic heterocycles. The number of amides is 1. The average Bonchev–Trinajstić information content (AvgIpc) is 3.01. The Morgan fingerprint density at radius 2 is 2.17 bits per heavy atom. The van der Waals surface area contributed by atoms with Crippen molar-refractivity contribution in [2.24, 2.45) is 0 Å². The summed E-state index contributed by atoms with van der Waals surface area (Å²) in [5.41, 5.74) is 1.20. The summed E-state index contributed by atoms with van der Waals surface area (Å²) in [6.07, 6.45) is 1.97. The molecule has 1 amide bonds. The largest absolute Gasteiger partial charge is 0.480 e. The Morgan fingerprint density at radius 3 is 2.96 bits per heavy atom. The maximum atomic E-state index is 12.2. The lowest BCUT2D eigenvalue weighted by Gasteiger charge is -2.05. The van der Waals surface area contributed by atoms with Crippen LogP contribution < -0.4 is 10.1 Å². The number of rotatable bonds is 5. The zero-order valence-corrected chi connectivity index (χ0v) is 13.5. The summed E-state index contributed by atoms with van der Waals surface area (Å²) in [4.78, 5) is 13.3. The molecule has 0 fully saturated rings. The van der Waals surface area contributed by atoms with Gasteiger partial charge in [0.2, 0.25) is 5.88 Å². The predicted molar refractivity (Wildman–Crippen MR) is 86.7 cm³/mol. The smallest absolute Gasteiger partial charge is 0.251 e. The molecule has 0 aliphatic heterocycles. The van der Waals surface area contributed by atoms with Crippen LogP contribution >= 0.6 is 11.8 Å². The van der Waals surface area contributed by atoms with Gasteiger partial charge in [-0.05, 0) is 30.5 Å². The lowest BCUT2D eigenvalue weighted by Crippen LogP contribution is -2.24. The van der Waals surface area contributed by atoms with E-state index in [2.05, 4.69) is 20.6 Å². The number of nitrogens with zero attached hydrogens (tertiary/aromatic N) is 4. The van der Waals surface area contributed by atoms with E-state index in [1.54, 1.807) is 41.6 Å². The molecule has 0 radical (unpaired) electrons. The van der Waals surface area contributed by atoms with Crippen LogP contribution in [-0.4, -0.2) is 39.1 Å².